The van der Waals surface area contributed by atoms with Gasteiger partial charge in [0.1, 0.15) is 6.61 Å². The molecule has 0 saturated heterocycles. The summed E-state index contributed by atoms with van der Waals surface area (Å²) in [5.74, 6) is -0.560. The standard InChI is InChI=1S/C13H12N2O4/c1-8(16)9-3-2-4-10(5-9)14-13(18)15-11-6-12(17)19-7-11/h2-6H,7H2,1H3,(H2,14,15,18). The number of amides is 2. The number of carbonyl (C=O) groups excluding carboxylic acids is 3. The first-order valence-corrected chi connectivity index (χ1v) is 5.61. The fourth-order valence-electron chi connectivity index (χ4n) is 1.57. The minimum Gasteiger partial charge on any atom is -0.456 e. The molecular weight excluding hydrogens is 248 g/mol. The Balaban J connectivity index is 1.99. The minimum absolute atomic E-state index is 0.0553. The van der Waals surface area contributed by atoms with E-state index in [0.717, 1.165) is 0 Å². The number of hydrogen-bond acceptors (Lipinski definition) is 4. The molecule has 0 bridgehead atoms. The number of cyclic esters (lactones) is 1. The Kier molecular flexibility index (Phi) is 3.61. The summed E-state index contributed by atoms with van der Waals surface area (Å²) in [7, 11) is 0. The summed E-state index contributed by atoms with van der Waals surface area (Å²) in [5.41, 5.74) is 1.40. The lowest BCUT2D eigenvalue weighted by molar-refractivity contribution is -0.134. The van der Waals surface area contributed by atoms with Gasteiger partial charge in [-0.25, -0.2) is 9.59 Å². The van der Waals surface area contributed by atoms with Gasteiger partial charge < -0.3 is 15.4 Å². The molecular formula is C13H12N2O4. The zero-order valence-electron chi connectivity index (χ0n) is 10.2. The summed E-state index contributed by atoms with van der Waals surface area (Å²) >= 11 is 0. The van der Waals surface area contributed by atoms with Crippen LogP contribution in [0.5, 0.6) is 0 Å². The molecule has 0 fully saturated rings. The second kappa shape index (κ2) is 5.34. The zero-order chi connectivity index (χ0) is 13.8. The summed E-state index contributed by atoms with van der Waals surface area (Å²) in [4.78, 5) is 33.7. The molecule has 1 aliphatic heterocycles. The number of rotatable bonds is 3. The Morgan fingerprint density at radius 1 is 1.26 bits per heavy atom. The monoisotopic (exact) mass is 260 g/mol. The SMILES string of the molecule is CC(=O)c1cccc(NC(=O)NC2=CC(=O)OC2)c1. The number of anilines is 1. The molecule has 1 heterocycles. The van der Waals surface area contributed by atoms with Crippen LogP contribution in [0.25, 0.3) is 0 Å². The highest BCUT2D eigenvalue weighted by Gasteiger charge is 2.15. The maximum atomic E-state index is 11.6. The Labute approximate surface area is 109 Å². The maximum absolute atomic E-state index is 11.6. The number of esters is 1. The second-order valence-corrected chi connectivity index (χ2v) is 3.99. The molecule has 0 aromatic heterocycles. The Morgan fingerprint density at radius 2 is 2.05 bits per heavy atom. The first-order valence-electron chi connectivity index (χ1n) is 5.61. The van der Waals surface area contributed by atoms with E-state index in [2.05, 4.69) is 15.4 Å². The normalized spacial score (nSPS) is 13.5. The lowest BCUT2D eigenvalue weighted by atomic mass is 10.1. The number of ether oxygens (including phenoxy) is 1. The van der Waals surface area contributed by atoms with Crippen LogP contribution in [0.1, 0.15) is 17.3 Å². The highest BCUT2D eigenvalue weighted by Crippen LogP contribution is 2.11. The van der Waals surface area contributed by atoms with E-state index < -0.39 is 12.0 Å². The number of urea groups is 1. The van der Waals surface area contributed by atoms with Gasteiger partial charge in [0.25, 0.3) is 0 Å². The van der Waals surface area contributed by atoms with Gasteiger partial charge in [0.15, 0.2) is 5.78 Å². The zero-order valence-corrected chi connectivity index (χ0v) is 10.2. The molecule has 0 unspecified atom stereocenters. The summed E-state index contributed by atoms with van der Waals surface area (Å²) < 4.78 is 4.65. The molecule has 1 aliphatic rings. The van der Waals surface area contributed by atoms with Crippen molar-refractivity contribution in [3.05, 3.63) is 41.6 Å². The molecule has 98 valence electrons. The topological polar surface area (TPSA) is 84.5 Å². The van der Waals surface area contributed by atoms with E-state index in [1.54, 1.807) is 24.3 Å². The van der Waals surface area contributed by atoms with Crippen molar-refractivity contribution in [3.8, 4) is 0 Å². The van der Waals surface area contributed by atoms with E-state index in [1.807, 2.05) is 0 Å². The molecule has 2 rings (SSSR count). The van der Waals surface area contributed by atoms with E-state index in [4.69, 9.17) is 0 Å². The molecule has 0 aliphatic carbocycles. The Hall–Kier alpha value is -2.63. The summed E-state index contributed by atoms with van der Waals surface area (Å²) in [5, 5.41) is 5.06. The van der Waals surface area contributed by atoms with E-state index in [-0.39, 0.29) is 12.4 Å². The van der Waals surface area contributed by atoms with Crippen LogP contribution in [0.3, 0.4) is 0 Å². The third kappa shape index (κ3) is 3.41. The van der Waals surface area contributed by atoms with Crippen molar-refractivity contribution < 1.29 is 19.1 Å². The van der Waals surface area contributed by atoms with Gasteiger partial charge in [-0.15, -0.1) is 0 Å². The van der Waals surface area contributed by atoms with E-state index in [9.17, 15) is 14.4 Å². The van der Waals surface area contributed by atoms with Crippen LogP contribution in [-0.2, 0) is 9.53 Å². The molecule has 0 radical (unpaired) electrons. The molecule has 1 aromatic carbocycles. The van der Waals surface area contributed by atoms with E-state index in [0.29, 0.717) is 16.9 Å². The Bertz CT molecular complexity index is 578. The van der Waals surface area contributed by atoms with Gasteiger partial charge in [0.05, 0.1) is 5.70 Å². The molecule has 1 aromatic rings. The average Bonchev–Trinajstić information content (AvgIpc) is 2.74. The largest absolute Gasteiger partial charge is 0.456 e. The summed E-state index contributed by atoms with van der Waals surface area (Å²) in [6, 6.07) is 6.08. The fraction of sp³-hybridized carbons (Fsp3) is 0.154. The smallest absolute Gasteiger partial charge is 0.333 e. The van der Waals surface area contributed by atoms with Crippen LogP contribution in [0.4, 0.5) is 10.5 Å². The molecule has 6 nitrogen and oxygen atoms in total. The molecule has 19 heavy (non-hydrogen) atoms. The number of ketones is 1. The average molecular weight is 260 g/mol. The Morgan fingerprint density at radius 3 is 2.68 bits per heavy atom. The van der Waals surface area contributed by atoms with Crippen LogP contribution < -0.4 is 10.6 Å². The fourth-order valence-corrected chi connectivity index (χ4v) is 1.57. The predicted molar refractivity (Wildman–Crippen MR) is 67.6 cm³/mol. The molecule has 0 saturated carbocycles. The minimum atomic E-state index is -0.495. The molecule has 6 heteroatoms. The lowest BCUT2D eigenvalue weighted by Gasteiger charge is -2.08. The van der Waals surface area contributed by atoms with Gasteiger partial charge in [-0.05, 0) is 19.1 Å². The van der Waals surface area contributed by atoms with Crippen molar-refractivity contribution in [2.24, 2.45) is 0 Å². The lowest BCUT2D eigenvalue weighted by Crippen LogP contribution is -2.28. The van der Waals surface area contributed by atoms with E-state index >= 15 is 0 Å². The highest BCUT2D eigenvalue weighted by molar-refractivity contribution is 5.97. The van der Waals surface area contributed by atoms with Crippen molar-refractivity contribution in [3.63, 3.8) is 0 Å². The number of carbonyl (C=O) groups is 3. The van der Waals surface area contributed by atoms with E-state index in [1.165, 1.54) is 13.0 Å². The van der Waals surface area contributed by atoms with Crippen LogP contribution in [0.15, 0.2) is 36.0 Å². The number of benzene rings is 1. The van der Waals surface area contributed by atoms with Gasteiger partial charge in [-0.1, -0.05) is 12.1 Å². The molecule has 2 N–H and O–H groups in total. The van der Waals surface area contributed by atoms with Gasteiger partial charge >= 0.3 is 12.0 Å². The maximum Gasteiger partial charge on any atom is 0.333 e. The third-order valence-electron chi connectivity index (χ3n) is 2.46. The van der Waals surface area contributed by atoms with Crippen molar-refractivity contribution in [2.45, 2.75) is 6.92 Å². The highest BCUT2D eigenvalue weighted by atomic mass is 16.5. The second-order valence-electron chi connectivity index (χ2n) is 3.99. The van der Waals surface area contributed by atoms with Crippen LogP contribution in [0.2, 0.25) is 0 Å². The van der Waals surface area contributed by atoms with Gasteiger partial charge in [0.2, 0.25) is 0 Å². The first kappa shape index (κ1) is 12.8. The van der Waals surface area contributed by atoms with Crippen LogP contribution >= 0.6 is 0 Å². The van der Waals surface area contributed by atoms with Crippen molar-refractivity contribution in [1.29, 1.82) is 0 Å². The van der Waals surface area contributed by atoms with Crippen LogP contribution in [-0.4, -0.2) is 24.4 Å². The van der Waals surface area contributed by atoms with Gasteiger partial charge in [-0.2, -0.15) is 0 Å². The predicted octanol–water partition coefficient (Wildman–Crippen LogP) is 1.45. The third-order valence-corrected chi connectivity index (χ3v) is 2.46. The van der Waals surface area contributed by atoms with Crippen molar-refractivity contribution in [1.82, 2.24) is 5.32 Å². The molecule has 2 amide bonds. The summed E-state index contributed by atoms with van der Waals surface area (Å²) in [6.45, 7) is 1.51. The number of hydrogen-bond donors (Lipinski definition) is 2. The molecule has 0 atom stereocenters. The molecule has 0 spiro atoms. The first-order chi connectivity index (χ1) is 9.04. The van der Waals surface area contributed by atoms with Crippen LogP contribution in [0, 0.1) is 0 Å². The number of nitrogens with one attached hydrogen (secondary N) is 2. The van der Waals surface area contributed by atoms with Crippen molar-refractivity contribution >= 4 is 23.5 Å². The van der Waals surface area contributed by atoms with Gasteiger partial charge in [0, 0.05) is 17.3 Å². The quantitative estimate of drug-likeness (QED) is 0.636. The van der Waals surface area contributed by atoms with Gasteiger partial charge in [-0.3, -0.25) is 4.79 Å². The summed E-state index contributed by atoms with van der Waals surface area (Å²) in [6.07, 6.45) is 1.21. The van der Waals surface area contributed by atoms with Crippen molar-refractivity contribution in [2.75, 3.05) is 11.9 Å². The number of Topliss-reactive ketones (excluding diaryl/α,β-unsaturated/α-hetero) is 1.